The van der Waals surface area contributed by atoms with Crippen LogP contribution in [0.3, 0.4) is 0 Å². The van der Waals surface area contributed by atoms with E-state index in [2.05, 4.69) is 60.4 Å². The van der Waals surface area contributed by atoms with E-state index >= 15 is 0 Å². The van der Waals surface area contributed by atoms with Crippen LogP contribution >= 0.6 is 0 Å². The average Bonchev–Trinajstić information content (AvgIpc) is 3.15. The van der Waals surface area contributed by atoms with Crippen molar-refractivity contribution in [3.05, 3.63) is 24.3 Å². The van der Waals surface area contributed by atoms with Gasteiger partial charge in [0.05, 0.1) is 13.2 Å². The number of unbranched alkanes of at least 4 members (excludes halogenated alkanes) is 28. The SMILES string of the molecule is CCCCCCCCC/C=C/C(CCCCCCCCCC)COS(=O)(=O)[O-].CCCCCCCCC/C=C/C(CCCCCCCCCC)COS(=O)(=O)[O-].[Ca+2]. The van der Waals surface area contributed by atoms with Gasteiger partial charge in [-0.15, -0.1) is 0 Å². The summed E-state index contributed by atoms with van der Waals surface area (Å²) in [5, 5.41) is 0. The van der Waals surface area contributed by atoms with Crippen molar-refractivity contribution in [3.63, 3.8) is 0 Å². The van der Waals surface area contributed by atoms with Crippen molar-refractivity contribution in [1.29, 1.82) is 0 Å². The number of hydrogen-bond donors (Lipinski definition) is 0. The smallest absolute Gasteiger partial charge is 0.726 e. The molecule has 0 aromatic rings. The monoisotopic (exact) mass is 875 g/mol. The van der Waals surface area contributed by atoms with Crippen molar-refractivity contribution >= 4 is 58.5 Å². The topological polar surface area (TPSA) is 133 Å². The second-order valence-electron chi connectivity index (χ2n) is 16.1. The van der Waals surface area contributed by atoms with Crippen LogP contribution in [0.1, 0.15) is 246 Å². The molecule has 8 nitrogen and oxygen atoms in total. The number of rotatable bonds is 42. The van der Waals surface area contributed by atoms with Crippen LogP contribution in [0.5, 0.6) is 0 Å². The van der Waals surface area contributed by atoms with Crippen LogP contribution in [0.15, 0.2) is 24.3 Å². The van der Waals surface area contributed by atoms with Crippen LogP contribution in [0.2, 0.25) is 0 Å². The van der Waals surface area contributed by atoms with Crippen LogP contribution in [0.4, 0.5) is 0 Å². The summed E-state index contributed by atoms with van der Waals surface area (Å²) in [7, 11) is -9.20. The number of allylic oxidation sites excluding steroid dienone is 2. The molecule has 0 aromatic carbocycles. The van der Waals surface area contributed by atoms with Crippen LogP contribution in [0.25, 0.3) is 0 Å². The van der Waals surface area contributed by atoms with E-state index in [1.54, 1.807) is 0 Å². The molecule has 0 aromatic heterocycles. The average molecular weight is 875 g/mol. The minimum absolute atomic E-state index is 0. The summed E-state index contributed by atoms with van der Waals surface area (Å²) in [6.07, 6.45) is 50.2. The minimum Gasteiger partial charge on any atom is -0.726 e. The molecular formula is C46H90CaO8S2. The molecule has 11 heteroatoms. The molecule has 0 radical (unpaired) electrons. The van der Waals surface area contributed by atoms with Crippen LogP contribution in [-0.4, -0.2) is 76.9 Å². The predicted octanol–water partition coefficient (Wildman–Crippen LogP) is 14.2. The molecule has 0 aliphatic carbocycles. The molecule has 0 heterocycles. The van der Waals surface area contributed by atoms with Gasteiger partial charge in [0.25, 0.3) is 0 Å². The largest absolute Gasteiger partial charge is 2.00 e. The van der Waals surface area contributed by atoms with Crippen LogP contribution < -0.4 is 0 Å². The zero-order valence-corrected chi connectivity index (χ0v) is 41.6. The zero-order valence-electron chi connectivity index (χ0n) is 37.7. The first-order chi connectivity index (χ1) is 27.0. The Balaban J connectivity index is -0.00000101. The Morgan fingerprint density at radius 1 is 0.386 bits per heavy atom. The van der Waals surface area contributed by atoms with Crippen molar-refractivity contribution in [1.82, 2.24) is 0 Å². The maximum absolute atomic E-state index is 10.8. The van der Waals surface area contributed by atoms with Crippen molar-refractivity contribution in [2.24, 2.45) is 11.8 Å². The van der Waals surface area contributed by atoms with Crippen LogP contribution in [0, 0.1) is 11.8 Å². The van der Waals surface area contributed by atoms with E-state index in [0.717, 1.165) is 38.5 Å². The van der Waals surface area contributed by atoms with Gasteiger partial charge in [-0.3, -0.25) is 8.37 Å². The first kappa shape index (κ1) is 61.8. The standard InChI is InChI=1S/2C23H46O4S.Ca/c2*1-3-5-7-9-11-13-15-17-19-21-23(22-27-28(24,25)26)20-18-16-14-12-10-8-6-4-2;/h2*19,21,23H,3-18,20,22H2,1-2H3,(H,24,25,26);/q;;+2/p-2/b2*21-19+;. The maximum atomic E-state index is 10.8. The van der Waals surface area contributed by atoms with Gasteiger partial charge in [-0.25, -0.2) is 16.8 Å². The Morgan fingerprint density at radius 2 is 0.614 bits per heavy atom. The molecule has 0 aliphatic rings. The Kier molecular flexibility index (Phi) is 51.5. The second-order valence-corrected chi connectivity index (χ2v) is 18.2. The molecule has 0 aliphatic heterocycles. The Labute approximate surface area is 385 Å². The van der Waals surface area contributed by atoms with E-state index in [1.807, 2.05) is 0 Å². The molecule has 0 amide bonds. The van der Waals surface area contributed by atoms with Gasteiger partial charge in [-0.2, -0.15) is 0 Å². The molecule has 0 fully saturated rings. The van der Waals surface area contributed by atoms with Crippen molar-refractivity contribution < 1.29 is 34.3 Å². The van der Waals surface area contributed by atoms with Crippen LogP contribution in [-0.2, 0) is 29.2 Å². The summed E-state index contributed by atoms with van der Waals surface area (Å²) >= 11 is 0. The van der Waals surface area contributed by atoms with Gasteiger partial charge >= 0.3 is 37.7 Å². The molecular weight excluding hydrogens is 785 g/mol. The summed E-state index contributed by atoms with van der Waals surface area (Å²) < 4.78 is 73.6. The molecule has 0 spiro atoms. The molecule has 0 bridgehead atoms. The van der Waals surface area contributed by atoms with Gasteiger partial charge < -0.3 is 9.11 Å². The Bertz CT molecular complexity index is 982. The van der Waals surface area contributed by atoms with E-state index < -0.39 is 20.8 Å². The van der Waals surface area contributed by atoms with E-state index in [4.69, 9.17) is 0 Å². The number of hydrogen-bond acceptors (Lipinski definition) is 8. The third kappa shape index (κ3) is 56.5. The predicted molar refractivity (Wildman–Crippen MR) is 242 cm³/mol. The Hall–Kier alpha value is 0.480. The van der Waals surface area contributed by atoms with Gasteiger partial charge in [0.15, 0.2) is 0 Å². The quantitative estimate of drug-likeness (QED) is 0.0195. The fourth-order valence-electron chi connectivity index (χ4n) is 6.91. The summed E-state index contributed by atoms with van der Waals surface area (Å²) in [6.45, 7) is 8.88. The zero-order chi connectivity index (χ0) is 41.9. The summed E-state index contributed by atoms with van der Waals surface area (Å²) in [5.74, 6) is 0.0433. The van der Waals surface area contributed by atoms with E-state index in [0.29, 0.717) is 0 Å². The molecule has 57 heavy (non-hydrogen) atoms. The fourth-order valence-corrected chi connectivity index (χ4v) is 7.59. The molecule has 0 N–H and O–H groups in total. The summed E-state index contributed by atoms with van der Waals surface area (Å²) in [4.78, 5) is 0. The fraction of sp³-hybridized carbons (Fsp3) is 0.913. The third-order valence-corrected chi connectivity index (χ3v) is 11.3. The summed E-state index contributed by atoms with van der Waals surface area (Å²) in [5.41, 5.74) is 0. The molecule has 2 atom stereocenters. The maximum Gasteiger partial charge on any atom is 2.00 e. The Morgan fingerprint density at radius 3 is 0.860 bits per heavy atom. The minimum atomic E-state index is -4.60. The molecule has 336 valence electrons. The molecule has 0 saturated carbocycles. The third-order valence-electron chi connectivity index (χ3n) is 10.5. The van der Waals surface area contributed by atoms with Gasteiger partial charge in [0, 0.05) is 11.8 Å². The van der Waals surface area contributed by atoms with E-state index in [1.165, 1.54) is 180 Å². The normalized spacial score (nSPS) is 13.2. The van der Waals surface area contributed by atoms with E-state index in [-0.39, 0.29) is 62.8 Å². The van der Waals surface area contributed by atoms with Gasteiger partial charge in [-0.05, 0) is 38.5 Å². The molecule has 2 unspecified atom stereocenters. The van der Waals surface area contributed by atoms with Gasteiger partial charge in [-0.1, -0.05) is 232 Å². The summed E-state index contributed by atoms with van der Waals surface area (Å²) in [6, 6.07) is 0. The second kappa shape index (κ2) is 47.5. The first-order valence-electron chi connectivity index (χ1n) is 23.5. The van der Waals surface area contributed by atoms with Crippen molar-refractivity contribution in [3.8, 4) is 0 Å². The van der Waals surface area contributed by atoms with E-state index in [9.17, 15) is 25.9 Å². The first-order valence-corrected chi connectivity index (χ1v) is 26.2. The van der Waals surface area contributed by atoms with Gasteiger partial charge in [0.1, 0.15) is 0 Å². The molecule has 0 rings (SSSR count). The molecule has 0 saturated heterocycles. The van der Waals surface area contributed by atoms with Crippen molar-refractivity contribution in [2.75, 3.05) is 13.2 Å². The van der Waals surface area contributed by atoms with Crippen molar-refractivity contribution in [2.45, 2.75) is 246 Å². The van der Waals surface area contributed by atoms with Gasteiger partial charge in [0.2, 0.25) is 20.8 Å².